The van der Waals surface area contributed by atoms with Crippen molar-refractivity contribution in [1.82, 2.24) is 34.8 Å². The average molecular weight is 407 g/mol. The Morgan fingerprint density at radius 3 is 2.77 bits per heavy atom. The number of nitrogens with zero attached hydrogens (tertiary/aromatic N) is 7. The topological polar surface area (TPSA) is 76.2 Å². The number of likely N-dealkylation sites (tertiary alicyclic amines) is 1. The fourth-order valence-corrected chi connectivity index (χ4v) is 3.96. The lowest BCUT2D eigenvalue weighted by Gasteiger charge is -2.21. The molecule has 1 atom stereocenters. The summed E-state index contributed by atoms with van der Waals surface area (Å²) in [5.41, 5.74) is 4.46. The van der Waals surface area contributed by atoms with Gasteiger partial charge in [-0.3, -0.25) is 4.68 Å². The molecule has 8 heteroatoms. The highest BCUT2D eigenvalue weighted by atomic mass is 15.3. The minimum Gasteiger partial charge on any atom is -0.357 e. The first-order chi connectivity index (χ1) is 14.5. The number of aryl methyl sites for hydroxylation is 3. The lowest BCUT2D eigenvalue weighted by Crippen LogP contribution is -2.40. The molecule has 1 fully saturated rings. The Kier molecular flexibility index (Phi) is 5.83. The number of hydrogen-bond donors (Lipinski definition) is 1. The molecule has 1 aliphatic heterocycles. The number of rotatable bonds is 5. The van der Waals surface area contributed by atoms with E-state index in [2.05, 4.69) is 50.7 Å². The van der Waals surface area contributed by atoms with Gasteiger partial charge in [-0.05, 0) is 50.5 Å². The molecule has 3 aromatic heterocycles. The van der Waals surface area contributed by atoms with Gasteiger partial charge in [0.2, 0.25) is 0 Å². The quantitative estimate of drug-likeness (QED) is 0.521. The van der Waals surface area contributed by atoms with Crippen molar-refractivity contribution in [1.29, 1.82) is 0 Å². The Balaban J connectivity index is 1.43. The van der Waals surface area contributed by atoms with E-state index in [1.807, 2.05) is 48.7 Å². The van der Waals surface area contributed by atoms with E-state index >= 15 is 0 Å². The summed E-state index contributed by atoms with van der Waals surface area (Å²) in [5, 5.41) is 12.3. The minimum atomic E-state index is 0.504. The first-order valence-corrected chi connectivity index (χ1v) is 10.5. The maximum absolute atomic E-state index is 4.87. The molecule has 30 heavy (non-hydrogen) atoms. The molecule has 0 saturated carbocycles. The van der Waals surface area contributed by atoms with E-state index in [4.69, 9.17) is 4.99 Å². The van der Waals surface area contributed by atoms with E-state index in [1.165, 1.54) is 5.56 Å². The molecule has 0 radical (unpaired) electrons. The molecule has 1 N–H and O–H groups in total. The van der Waals surface area contributed by atoms with Crippen molar-refractivity contribution in [3.63, 3.8) is 0 Å². The zero-order chi connectivity index (χ0) is 21.1. The summed E-state index contributed by atoms with van der Waals surface area (Å²) in [7, 11) is 1.97. The summed E-state index contributed by atoms with van der Waals surface area (Å²) >= 11 is 0. The molecule has 0 amide bonds. The summed E-state index contributed by atoms with van der Waals surface area (Å²) in [4.78, 5) is 11.8. The van der Waals surface area contributed by atoms with E-state index in [-0.39, 0.29) is 0 Å². The van der Waals surface area contributed by atoms with Crippen LogP contribution in [-0.4, -0.2) is 55.0 Å². The first kappa shape index (κ1) is 20.1. The number of hydrogen-bond acceptors (Lipinski definition) is 4. The fraction of sp³-hybridized carbons (Fsp3) is 0.455. The highest BCUT2D eigenvalue weighted by molar-refractivity contribution is 5.80. The maximum Gasteiger partial charge on any atom is 0.194 e. The van der Waals surface area contributed by atoms with Gasteiger partial charge in [-0.1, -0.05) is 6.07 Å². The summed E-state index contributed by atoms with van der Waals surface area (Å²) < 4.78 is 3.75. The van der Waals surface area contributed by atoms with Crippen molar-refractivity contribution >= 4 is 5.96 Å². The SMILES string of the molecule is CCNC(=NCc1ccc(-n2nc(C)cc2C)nc1)N1CCC(c2cnn(C)c2)C1. The lowest BCUT2D eigenvalue weighted by atomic mass is 10.0. The second kappa shape index (κ2) is 8.69. The molecule has 0 aromatic carbocycles. The Labute approximate surface area is 177 Å². The van der Waals surface area contributed by atoms with Crippen LogP contribution < -0.4 is 5.32 Å². The Morgan fingerprint density at radius 1 is 1.27 bits per heavy atom. The van der Waals surface area contributed by atoms with Crippen LogP contribution >= 0.6 is 0 Å². The van der Waals surface area contributed by atoms with Crippen LogP contribution in [0.1, 0.15) is 41.8 Å². The Hall–Kier alpha value is -3.16. The second-order valence-corrected chi connectivity index (χ2v) is 7.91. The number of aromatic nitrogens is 5. The molecule has 1 aliphatic rings. The fourth-order valence-electron chi connectivity index (χ4n) is 3.96. The van der Waals surface area contributed by atoms with Gasteiger partial charge in [-0.25, -0.2) is 14.7 Å². The van der Waals surface area contributed by atoms with E-state index in [9.17, 15) is 0 Å². The average Bonchev–Trinajstić information content (AvgIpc) is 3.45. The van der Waals surface area contributed by atoms with Crippen LogP contribution in [0.15, 0.2) is 41.8 Å². The van der Waals surface area contributed by atoms with Gasteiger partial charge in [-0.15, -0.1) is 0 Å². The molecule has 0 spiro atoms. The van der Waals surface area contributed by atoms with Gasteiger partial charge >= 0.3 is 0 Å². The molecular weight excluding hydrogens is 376 g/mol. The van der Waals surface area contributed by atoms with E-state index in [0.29, 0.717) is 12.5 Å². The van der Waals surface area contributed by atoms with Crippen LogP contribution in [0, 0.1) is 13.8 Å². The Bertz CT molecular complexity index is 1010. The molecule has 1 saturated heterocycles. The molecule has 0 aliphatic carbocycles. The van der Waals surface area contributed by atoms with E-state index in [1.54, 1.807) is 0 Å². The maximum atomic E-state index is 4.87. The van der Waals surface area contributed by atoms with E-state index < -0.39 is 0 Å². The van der Waals surface area contributed by atoms with Gasteiger partial charge in [0.25, 0.3) is 0 Å². The van der Waals surface area contributed by atoms with Crippen molar-refractivity contribution in [3.8, 4) is 5.82 Å². The summed E-state index contributed by atoms with van der Waals surface area (Å²) in [6.07, 6.45) is 7.11. The summed E-state index contributed by atoms with van der Waals surface area (Å²) in [6.45, 7) is 9.55. The van der Waals surface area contributed by atoms with Gasteiger partial charge in [0.05, 0.1) is 18.4 Å². The van der Waals surface area contributed by atoms with Crippen molar-refractivity contribution in [2.75, 3.05) is 19.6 Å². The zero-order valence-corrected chi connectivity index (χ0v) is 18.2. The molecule has 1 unspecified atom stereocenters. The highest BCUT2D eigenvalue weighted by Crippen LogP contribution is 2.26. The molecule has 4 heterocycles. The van der Waals surface area contributed by atoms with Crippen LogP contribution in [-0.2, 0) is 13.6 Å². The van der Waals surface area contributed by atoms with Gasteiger partial charge in [0, 0.05) is 50.7 Å². The normalized spacial score (nSPS) is 17.0. The minimum absolute atomic E-state index is 0.504. The van der Waals surface area contributed by atoms with Crippen molar-refractivity contribution in [3.05, 3.63) is 59.3 Å². The van der Waals surface area contributed by atoms with Crippen LogP contribution in [0.4, 0.5) is 0 Å². The van der Waals surface area contributed by atoms with Gasteiger partial charge in [0.1, 0.15) is 0 Å². The number of aliphatic imine (C=N–C) groups is 1. The highest BCUT2D eigenvalue weighted by Gasteiger charge is 2.26. The zero-order valence-electron chi connectivity index (χ0n) is 18.2. The summed E-state index contributed by atoms with van der Waals surface area (Å²) in [6, 6.07) is 6.14. The van der Waals surface area contributed by atoms with Crippen molar-refractivity contribution < 1.29 is 0 Å². The molecule has 0 bridgehead atoms. The summed E-state index contributed by atoms with van der Waals surface area (Å²) in [5.74, 6) is 2.30. The number of pyridine rings is 1. The number of guanidine groups is 1. The monoisotopic (exact) mass is 406 g/mol. The third kappa shape index (κ3) is 4.37. The predicted octanol–water partition coefficient (Wildman–Crippen LogP) is 2.57. The van der Waals surface area contributed by atoms with Crippen LogP contribution in [0.5, 0.6) is 0 Å². The van der Waals surface area contributed by atoms with Crippen molar-refractivity contribution in [2.45, 2.75) is 39.7 Å². The predicted molar refractivity (Wildman–Crippen MR) is 118 cm³/mol. The van der Waals surface area contributed by atoms with Gasteiger partial charge < -0.3 is 10.2 Å². The third-order valence-electron chi connectivity index (χ3n) is 5.47. The standard InChI is InChI=1S/C22H30N8/c1-5-23-22(29-9-8-19(15-29)20-13-26-28(4)14-20)25-12-18-6-7-21(24-11-18)30-17(3)10-16(2)27-30/h6-7,10-11,13-14,19H,5,8-9,12,15H2,1-4H3,(H,23,25). The molecule has 158 valence electrons. The second-order valence-electron chi connectivity index (χ2n) is 7.91. The third-order valence-corrected chi connectivity index (χ3v) is 5.47. The van der Waals surface area contributed by atoms with Crippen LogP contribution in [0.25, 0.3) is 5.82 Å². The van der Waals surface area contributed by atoms with Gasteiger partial charge in [-0.2, -0.15) is 10.2 Å². The Morgan fingerprint density at radius 2 is 2.13 bits per heavy atom. The van der Waals surface area contributed by atoms with Gasteiger partial charge in [0.15, 0.2) is 11.8 Å². The molecular formula is C22H30N8. The van der Waals surface area contributed by atoms with Crippen LogP contribution in [0.2, 0.25) is 0 Å². The molecule has 4 rings (SSSR count). The van der Waals surface area contributed by atoms with Crippen LogP contribution in [0.3, 0.4) is 0 Å². The van der Waals surface area contributed by atoms with Crippen molar-refractivity contribution in [2.24, 2.45) is 12.0 Å². The number of nitrogens with one attached hydrogen (secondary N) is 1. The largest absolute Gasteiger partial charge is 0.357 e. The first-order valence-electron chi connectivity index (χ1n) is 10.5. The van der Waals surface area contributed by atoms with E-state index in [0.717, 1.165) is 54.8 Å². The lowest BCUT2D eigenvalue weighted by molar-refractivity contribution is 0.486. The smallest absolute Gasteiger partial charge is 0.194 e. The molecule has 3 aromatic rings. The molecule has 8 nitrogen and oxygen atoms in total.